The molecule has 0 unspecified atom stereocenters. The van der Waals surface area contributed by atoms with Crippen molar-refractivity contribution in [3.8, 4) is 11.5 Å². The lowest BCUT2D eigenvalue weighted by Crippen LogP contribution is -2.16. The van der Waals surface area contributed by atoms with Gasteiger partial charge in [0.15, 0.2) is 5.01 Å². The number of nitrogens with zero attached hydrogens (tertiary/aromatic N) is 1. The Morgan fingerprint density at radius 1 is 1.50 bits per heavy atom. The summed E-state index contributed by atoms with van der Waals surface area (Å²) in [7, 11) is -1.40. The van der Waals surface area contributed by atoms with Crippen molar-refractivity contribution in [3.63, 3.8) is 0 Å². The van der Waals surface area contributed by atoms with Crippen molar-refractivity contribution in [3.05, 3.63) is 15.6 Å². The summed E-state index contributed by atoms with van der Waals surface area (Å²) in [4.78, 5) is 16.0. The van der Waals surface area contributed by atoms with Crippen molar-refractivity contribution in [2.45, 2.75) is 33.0 Å². The molecule has 0 atom stereocenters. The van der Waals surface area contributed by atoms with Crippen LogP contribution in [0.15, 0.2) is 0 Å². The summed E-state index contributed by atoms with van der Waals surface area (Å²) in [6, 6.07) is 0. The Morgan fingerprint density at radius 3 is 2.50 bits per heavy atom. The highest BCUT2D eigenvalue weighted by atomic mass is 32.1. The van der Waals surface area contributed by atoms with Gasteiger partial charge in [-0.3, -0.25) is 4.79 Å². The van der Waals surface area contributed by atoms with Crippen molar-refractivity contribution in [2.75, 3.05) is 0 Å². The zero-order chi connectivity index (χ0) is 12.3. The van der Waals surface area contributed by atoms with E-state index in [1.807, 2.05) is 6.92 Å². The Hall–Kier alpha value is -1.12. The Morgan fingerprint density at radius 2 is 2.12 bits per heavy atom. The predicted octanol–water partition coefficient (Wildman–Crippen LogP) is 2.03. The van der Waals surface area contributed by atoms with Gasteiger partial charge in [-0.2, -0.15) is 0 Å². The first kappa shape index (κ1) is 12.9. The Bertz CT molecular complexity index is 463. The quantitative estimate of drug-likeness (QED) is 0.647. The van der Waals surface area contributed by atoms with Crippen LogP contribution in [0, 0.1) is 11.5 Å². The summed E-state index contributed by atoms with van der Waals surface area (Å²) in [6.07, 6.45) is 0.712. The second-order valence-electron chi connectivity index (χ2n) is 4.51. The van der Waals surface area contributed by atoms with Crippen LogP contribution in [0.4, 0.5) is 0 Å². The Balaban J connectivity index is 3.08. The number of carbonyl (C=O) groups is 1. The summed E-state index contributed by atoms with van der Waals surface area (Å²) in [5, 5.41) is 0.702. The molecule has 1 heterocycles. The highest BCUT2D eigenvalue weighted by Gasteiger charge is 2.14. The van der Waals surface area contributed by atoms with Crippen LogP contribution >= 0.6 is 11.3 Å². The van der Waals surface area contributed by atoms with E-state index in [-0.39, 0.29) is 0 Å². The van der Waals surface area contributed by atoms with Gasteiger partial charge in [-0.25, -0.2) is 4.98 Å². The minimum absolute atomic E-state index is 0.407. The number of aryl methyl sites for hydroxylation is 1. The first-order valence-electron chi connectivity index (χ1n) is 5.16. The van der Waals surface area contributed by atoms with Gasteiger partial charge in [0.25, 0.3) is 5.91 Å². The minimum atomic E-state index is -1.40. The number of aromatic nitrogens is 1. The second-order valence-corrected chi connectivity index (χ2v) is 10.3. The monoisotopic (exact) mass is 252 g/mol. The van der Waals surface area contributed by atoms with Gasteiger partial charge in [0.1, 0.15) is 13.0 Å². The van der Waals surface area contributed by atoms with Crippen molar-refractivity contribution in [1.29, 1.82) is 0 Å². The van der Waals surface area contributed by atoms with Gasteiger partial charge in [-0.05, 0) is 12.3 Å². The first-order chi connectivity index (χ1) is 7.33. The number of rotatable bonds is 2. The van der Waals surface area contributed by atoms with E-state index in [1.54, 1.807) is 0 Å². The van der Waals surface area contributed by atoms with E-state index in [9.17, 15) is 4.79 Å². The van der Waals surface area contributed by atoms with Crippen molar-refractivity contribution >= 4 is 25.3 Å². The van der Waals surface area contributed by atoms with Gasteiger partial charge in [0.2, 0.25) is 0 Å². The maximum absolute atomic E-state index is 11.1. The molecular formula is C11H16N2OSSi. The van der Waals surface area contributed by atoms with Crippen LogP contribution in [0.3, 0.4) is 0 Å². The van der Waals surface area contributed by atoms with Gasteiger partial charge in [0, 0.05) is 0 Å². The number of primary amides is 1. The predicted molar refractivity (Wildman–Crippen MR) is 70.2 cm³/mol. The van der Waals surface area contributed by atoms with Crippen LogP contribution in [0.25, 0.3) is 0 Å². The van der Waals surface area contributed by atoms with Crippen molar-refractivity contribution in [1.82, 2.24) is 4.98 Å². The molecule has 16 heavy (non-hydrogen) atoms. The number of amides is 1. The largest absolute Gasteiger partial charge is 0.365 e. The number of carbonyl (C=O) groups excluding carboxylic acids is 1. The van der Waals surface area contributed by atoms with Crippen LogP contribution in [-0.4, -0.2) is 19.0 Å². The summed E-state index contributed by atoms with van der Waals surface area (Å²) < 4.78 is 0. The maximum atomic E-state index is 11.1. The van der Waals surface area contributed by atoms with Crippen LogP contribution in [0.1, 0.15) is 27.3 Å². The third-order valence-corrected chi connectivity index (χ3v) is 3.70. The lowest BCUT2D eigenvalue weighted by atomic mass is 10.3. The highest BCUT2D eigenvalue weighted by Crippen LogP contribution is 2.18. The molecule has 1 rings (SSSR count). The summed E-state index contributed by atoms with van der Waals surface area (Å²) in [5.74, 6) is 2.64. The van der Waals surface area contributed by atoms with Crippen LogP contribution in [0.2, 0.25) is 19.6 Å². The molecule has 0 aliphatic heterocycles. The van der Waals surface area contributed by atoms with Crippen molar-refractivity contribution in [2.24, 2.45) is 5.73 Å². The number of hydrogen-bond donors (Lipinski definition) is 1. The molecule has 0 aliphatic carbocycles. The van der Waals surface area contributed by atoms with E-state index in [2.05, 4.69) is 36.1 Å². The average molecular weight is 252 g/mol. The summed E-state index contributed by atoms with van der Waals surface area (Å²) in [6.45, 7) is 8.47. The average Bonchev–Trinajstić information content (AvgIpc) is 2.56. The first-order valence-corrected chi connectivity index (χ1v) is 9.48. The summed E-state index contributed by atoms with van der Waals surface area (Å²) in [5.41, 5.74) is 9.27. The van der Waals surface area contributed by atoms with E-state index in [4.69, 9.17) is 5.73 Å². The molecule has 0 bridgehead atoms. The molecule has 0 saturated heterocycles. The van der Waals surface area contributed by atoms with E-state index >= 15 is 0 Å². The van der Waals surface area contributed by atoms with Crippen LogP contribution < -0.4 is 5.73 Å². The standard InChI is InChI=1S/C11H16N2OSSi/c1-5-8-10(11(12)14)15-9(13-8)6-7-16(2,3)4/h5H2,1-4H3,(H2,12,14). The number of hydrogen-bond acceptors (Lipinski definition) is 3. The van der Waals surface area contributed by atoms with Gasteiger partial charge in [0.05, 0.1) is 5.69 Å². The molecule has 0 saturated carbocycles. The smallest absolute Gasteiger partial charge is 0.260 e. The fourth-order valence-corrected chi connectivity index (χ4v) is 2.52. The highest BCUT2D eigenvalue weighted by molar-refractivity contribution is 7.14. The molecule has 3 nitrogen and oxygen atoms in total. The molecule has 0 radical (unpaired) electrons. The fraction of sp³-hybridized carbons (Fsp3) is 0.455. The lowest BCUT2D eigenvalue weighted by molar-refractivity contribution is 0.100. The van der Waals surface area contributed by atoms with E-state index in [1.165, 1.54) is 11.3 Å². The number of thiazole rings is 1. The molecule has 5 heteroatoms. The molecule has 1 amide bonds. The SMILES string of the molecule is CCc1nc(C#C[Si](C)(C)C)sc1C(N)=O. The Labute approximate surface area is 101 Å². The van der Waals surface area contributed by atoms with Crippen LogP contribution in [-0.2, 0) is 6.42 Å². The van der Waals surface area contributed by atoms with E-state index in [0.29, 0.717) is 16.3 Å². The minimum Gasteiger partial charge on any atom is -0.365 e. The molecule has 1 aromatic heterocycles. The lowest BCUT2D eigenvalue weighted by Gasteiger charge is -2.02. The van der Waals surface area contributed by atoms with Gasteiger partial charge >= 0.3 is 0 Å². The molecule has 0 fully saturated rings. The zero-order valence-corrected chi connectivity index (χ0v) is 11.9. The zero-order valence-electron chi connectivity index (χ0n) is 10.0. The Kier molecular flexibility index (Phi) is 3.89. The van der Waals surface area contributed by atoms with Gasteiger partial charge in [-0.15, -0.1) is 16.9 Å². The molecule has 2 N–H and O–H groups in total. The molecule has 0 spiro atoms. The molecule has 0 aliphatic rings. The van der Waals surface area contributed by atoms with Gasteiger partial charge < -0.3 is 5.73 Å². The molecule has 1 aromatic rings. The topological polar surface area (TPSA) is 56.0 Å². The van der Waals surface area contributed by atoms with Crippen LogP contribution in [0.5, 0.6) is 0 Å². The van der Waals surface area contributed by atoms with E-state index in [0.717, 1.165) is 5.69 Å². The molecule has 0 aromatic carbocycles. The molecular weight excluding hydrogens is 236 g/mol. The number of nitrogens with two attached hydrogens (primary N) is 1. The van der Waals surface area contributed by atoms with Crippen molar-refractivity contribution < 1.29 is 4.79 Å². The second kappa shape index (κ2) is 4.81. The van der Waals surface area contributed by atoms with Gasteiger partial charge in [-0.1, -0.05) is 26.6 Å². The maximum Gasteiger partial charge on any atom is 0.260 e. The summed E-state index contributed by atoms with van der Waals surface area (Å²) >= 11 is 1.30. The third kappa shape index (κ3) is 3.47. The third-order valence-electron chi connectivity index (χ3n) is 1.80. The molecule has 86 valence electrons. The normalized spacial score (nSPS) is 10.8. The van der Waals surface area contributed by atoms with E-state index < -0.39 is 14.0 Å². The fourth-order valence-electron chi connectivity index (χ4n) is 1.08.